The molecule has 1 saturated carbocycles. The van der Waals surface area contributed by atoms with Crippen LogP contribution in [0, 0.1) is 17.3 Å². The second-order valence-corrected chi connectivity index (χ2v) is 10.5. The number of fused-ring (bicyclic) bond motifs is 1. The highest BCUT2D eigenvalue weighted by Crippen LogP contribution is 2.59. The number of nitrogens with zero attached hydrogens (tertiary/aromatic N) is 1. The third kappa shape index (κ3) is 4.35. The highest BCUT2D eigenvalue weighted by Gasteiger charge is 2.51. The molecule has 0 unspecified atom stereocenters. The lowest BCUT2D eigenvalue weighted by atomic mass is 9.49. The zero-order valence-corrected chi connectivity index (χ0v) is 18.6. The van der Waals surface area contributed by atoms with Crippen molar-refractivity contribution in [2.45, 2.75) is 45.2 Å². The van der Waals surface area contributed by atoms with E-state index in [1.165, 1.54) is 12.8 Å². The van der Waals surface area contributed by atoms with Gasteiger partial charge in [0.15, 0.2) is 0 Å². The van der Waals surface area contributed by atoms with Gasteiger partial charge in [-0.3, -0.25) is 9.69 Å². The number of hydrogen-bond donors (Lipinski definition) is 1. The number of piperidine rings is 1. The van der Waals surface area contributed by atoms with Crippen LogP contribution in [0.25, 0.3) is 0 Å². The molecule has 29 heavy (non-hydrogen) atoms. The second kappa shape index (κ2) is 7.86. The number of nitrogens with one attached hydrogen (secondary N) is 1. The monoisotopic (exact) mass is 438 g/mol. The molecule has 4 aliphatic rings. The quantitative estimate of drug-likeness (QED) is 0.613. The third-order valence-electron chi connectivity index (χ3n) is 7.43. The van der Waals surface area contributed by atoms with Gasteiger partial charge in [-0.15, -0.1) is 0 Å². The van der Waals surface area contributed by atoms with Crippen LogP contribution in [0.5, 0.6) is 0 Å². The smallest absolute Gasteiger partial charge is 0.251 e. The molecule has 0 radical (unpaired) electrons. The topological polar surface area (TPSA) is 32.3 Å². The van der Waals surface area contributed by atoms with Gasteiger partial charge in [-0.2, -0.15) is 0 Å². The molecule has 1 saturated heterocycles. The largest absolute Gasteiger partial charge is 0.349 e. The van der Waals surface area contributed by atoms with Gasteiger partial charge in [0, 0.05) is 35.2 Å². The van der Waals surface area contributed by atoms with E-state index in [0.29, 0.717) is 39.8 Å². The van der Waals surface area contributed by atoms with Crippen molar-refractivity contribution in [3.05, 3.63) is 45.5 Å². The third-order valence-corrected chi connectivity index (χ3v) is 7.87. The molecule has 2 bridgehead atoms. The van der Waals surface area contributed by atoms with Gasteiger partial charge < -0.3 is 5.32 Å². The lowest BCUT2D eigenvalue weighted by molar-refractivity contribution is -0.0138. The van der Waals surface area contributed by atoms with Crippen LogP contribution in [0.2, 0.25) is 10.0 Å². The molecule has 1 aromatic rings. The van der Waals surface area contributed by atoms with E-state index >= 15 is 4.39 Å². The Hall–Kier alpha value is -1.10. The maximum absolute atomic E-state index is 15.3. The van der Waals surface area contributed by atoms with Crippen LogP contribution in [0.3, 0.4) is 0 Å². The maximum atomic E-state index is 15.3. The molecule has 3 nitrogen and oxygen atoms in total. The molecule has 1 aliphatic heterocycles. The Balaban J connectivity index is 1.27. The zero-order valence-electron chi connectivity index (χ0n) is 17.1. The Morgan fingerprint density at radius 1 is 1.21 bits per heavy atom. The number of carbonyl (C=O) groups is 1. The molecular weight excluding hydrogens is 410 g/mol. The molecule has 1 aromatic carbocycles. The number of amides is 1. The summed E-state index contributed by atoms with van der Waals surface area (Å²) in [5, 5.41) is 3.51. The number of allylic oxidation sites excluding steroid dienone is 1. The second-order valence-electron chi connectivity index (χ2n) is 9.59. The molecule has 0 spiro atoms. The summed E-state index contributed by atoms with van der Waals surface area (Å²) in [5.74, 6) is 1.19. The van der Waals surface area contributed by atoms with Gasteiger partial charge >= 0.3 is 0 Å². The van der Waals surface area contributed by atoms with Crippen LogP contribution in [-0.2, 0) is 0 Å². The summed E-state index contributed by atoms with van der Waals surface area (Å²) in [6.45, 7) is 7.20. The Bertz CT molecular complexity index is 810. The van der Waals surface area contributed by atoms with Gasteiger partial charge in [0.05, 0.1) is 6.54 Å². The van der Waals surface area contributed by atoms with E-state index in [-0.39, 0.29) is 12.5 Å². The van der Waals surface area contributed by atoms with Crippen molar-refractivity contribution in [1.29, 1.82) is 0 Å². The summed E-state index contributed by atoms with van der Waals surface area (Å²) in [6.07, 6.45) is 5.82. The zero-order chi connectivity index (χ0) is 20.8. The lowest BCUT2D eigenvalue weighted by Crippen LogP contribution is -2.52. The lowest BCUT2D eigenvalue weighted by Gasteiger charge is -2.57. The molecule has 2 atom stereocenters. The number of alkyl halides is 1. The molecule has 1 N–H and O–H groups in total. The van der Waals surface area contributed by atoms with E-state index in [2.05, 4.69) is 30.1 Å². The summed E-state index contributed by atoms with van der Waals surface area (Å²) < 4.78 is 15.3. The van der Waals surface area contributed by atoms with Crippen LogP contribution >= 0.6 is 23.2 Å². The van der Waals surface area contributed by atoms with Gasteiger partial charge in [0.25, 0.3) is 5.91 Å². The number of likely N-dealkylation sites (tertiary alicyclic amines) is 1. The number of carbonyl (C=O) groups excluding carboxylic acids is 1. The molecule has 6 heteroatoms. The van der Waals surface area contributed by atoms with E-state index < -0.39 is 5.67 Å². The number of hydrogen-bond acceptors (Lipinski definition) is 2. The summed E-state index contributed by atoms with van der Waals surface area (Å²) in [7, 11) is 0. The molecule has 0 aromatic heterocycles. The van der Waals surface area contributed by atoms with Gasteiger partial charge in [0.2, 0.25) is 0 Å². The minimum Gasteiger partial charge on any atom is -0.349 e. The van der Waals surface area contributed by atoms with E-state index in [1.54, 1.807) is 23.8 Å². The average Bonchev–Trinajstić information content (AvgIpc) is 2.67. The minimum atomic E-state index is -1.36. The number of halogens is 3. The number of rotatable bonds is 5. The van der Waals surface area contributed by atoms with Crippen LogP contribution in [0.15, 0.2) is 29.8 Å². The van der Waals surface area contributed by atoms with Crippen LogP contribution in [0.1, 0.15) is 49.9 Å². The first kappa shape index (κ1) is 21.1. The summed E-state index contributed by atoms with van der Waals surface area (Å²) in [5.41, 5.74) is 0.970. The molecule has 3 aliphatic carbocycles. The van der Waals surface area contributed by atoms with Crippen molar-refractivity contribution < 1.29 is 9.18 Å². The predicted octanol–water partition coefficient (Wildman–Crippen LogP) is 5.52. The van der Waals surface area contributed by atoms with Gasteiger partial charge in [-0.1, -0.05) is 48.7 Å². The first-order valence-corrected chi connectivity index (χ1v) is 11.3. The highest BCUT2D eigenvalue weighted by molar-refractivity contribution is 6.35. The van der Waals surface area contributed by atoms with Crippen molar-refractivity contribution in [1.82, 2.24) is 10.2 Å². The molecule has 2 fully saturated rings. The summed E-state index contributed by atoms with van der Waals surface area (Å²) in [4.78, 5) is 14.7. The fraction of sp³-hybridized carbons (Fsp3) is 0.609. The minimum absolute atomic E-state index is 0.0177. The predicted molar refractivity (Wildman–Crippen MR) is 116 cm³/mol. The van der Waals surface area contributed by atoms with Crippen molar-refractivity contribution in [2.24, 2.45) is 17.3 Å². The SMILES string of the molecule is CC1(C)[C@H]2CC=C(CN3CCC(F)(CNC(=O)c4cc(Cl)cc(Cl)c4)CC3)[C@H]1C2. The van der Waals surface area contributed by atoms with Gasteiger partial charge in [0.1, 0.15) is 5.67 Å². The normalized spacial score (nSPS) is 27.7. The fourth-order valence-corrected chi connectivity index (χ4v) is 5.75. The Kier molecular flexibility index (Phi) is 5.73. The van der Waals surface area contributed by atoms with Crippen molar-refractivity contribution in [3.63, 3.8) is 0 Å². The molecule has 5 rings (SSSR count). The molecule has 1 amide bonds. The standard InChI is InChI=1S/C23H29Cl2FN2O/c1-22(2)17-4-3-15(20(22)11-17)13-28-7-5-23(26,6-8-28)14-27-21(29)16-9-18(24)12-19(25)10-16/h3,9-10,12,17,20H,4-8,11,13-14H2,1-2H3,(H,27,29)/t17-,20+/m0/s1. The Morgan fingerprint density at radius 2 is 1.86 bits per heavy atom. The molecular formula is C23H29Cl2FN2O. The Labute approximate surface area is 182 Å². The van der Waals surface area contributed by atoms with Crippen LogP contribution in [0.4, 0.5) is 4.39 Å². The van der Waals surface area contributed by atoms with Crippen LogP contribution in [-0.4, -0.2) is 42.7 Å². The van der Waals surface area contributed by atoms with E-state index in [4.69, 9.17) is 23.2 Å². The fourth-order valence-electron chi connectivity index (χ4n) is 5.23. The van der Waals surface area contributed by atoms with Gasteiger partial charge in [-0.05, 0) is 61.1 Å². The first-order valence-electron chi connectivity index (χ1n) is 10.5. The Morgan fingerprint density at radius 3 is 2.45 bits per heavy atom. The van der Waals surface area contributed by atoms with Crippen molar-refractivity contribution >= 4 is 29.1 Å². The van der Waals surface area contributed by atoms with Crippen molar-refractivity contribution in [2.75, 3.05) is 26.2 Å². The highest BCUT2D eigenvalue weighted by atomic mass is 35.5. The van der Waals surface area contributed by atoms with Crippen LogP contribution < -0.4 is 5.32 Å². The van der Waals surface area contributed by atoms with E-state index in [9.17, 15) is 4.79 Å². The van der Waals surface area contributed by atoms with E-state index in [0.717, 1.165) is 25.6 Å². The molecule has 158 valence electrons. The average molecular weight is 439 g/mol. The maximum Gasteiger partial charge on any atom is 0.251 e. The number of benzene rings is 1. The summed E-state index contributed by atoms with van der Waals surface area (Å²) >= 11 is 11.9. The van der Waals surface area contributed by atoms with E-state index in [1.807, 2.05) is 0 Å². The summed E-state index contributed by atoms with van der Waals surface area (Å²) in [6, 6.07) is 4.65. The first-order chi connectivity index (χ1) is 13.7. The van der Waals surface area contributed by atoms with Gasteiger partial charge in [-0.25, -0.2) is 4.39 Å². The van der Waals surface area contributed by atoms with Crippen molar-refractivity contribution in [3.8, 4) is 0 Å². The molecule has 1 heterocycles.